The molecule has 0 fully saturated rings. The summed E-state index contributed by atoms with van der Waals surface area (Å²) in [6.45, 7) is 1.89. The van der Waals surface area contributed by atoms with E-state index in [4.69, 9.17) is 5.73 Å². The minimum atomic E-state index is 0.443. The van der Waals surface area contributed by atoms with Crippen molar-refractivity contribution in [3.63, 3.8) is 0 Å². The number of nitrogens with two attached hydrogens (primary N) is 1. The molecule has 0 radical (unpaired) electrons. The molecular weight excluding hydrogens is 180 g/mol. The molecule has 14 heavy (non-hydrogen) atoms. The maximum atomic E-state index is 5.71. The Morgan fingerprint density at radius 2 is 2.36 bits per heavy atom. The van der Waals surface area contributed by atoms with E-state index in [0.29, 0.717) is 11.3 Å². The van der Waals surface area contributed by atoms with E-state index in [9.17, 15) is 0 Å². The number of aryl methyl sites for hydroxylation is 1. The molecule has 3 N–H and O–H groups in total. The van der Waals surface area contributed by atoms with E-state index in [0.717, 1.165) is 31.1 Å². The number of nitrogens with zero attached hydrogens (tertiary/aromatic N) is 4. The minimum Gasteiger partial charge on any atom is -0.382 e. The van der Waals surface area contributed by atoms with Crippen molar-refractivity contribution in [1.82, 2.24) is 19.5 Å². The Bertz CT molecular complexity index is 488. The van der Waals surface area contributed by atoms with Gasteiger partial charge in [-0.2, -0.15) is 0 Å². The molecule has 1 aliphatic rings. The number of rotatable bonds is 0. The van der Waals surface area contributed by atoms with Crippen LogP contribution in [0.25, 0.3) is 11.2 Å². The highest BCUT2D eigenvalue weighted by Gasteiger charge is 2.16. The molecule has 0 aromatic carbocycles. The van der Waals surface area contributed by atoms with Crippen LogP contribution >= 0.6 is 0 Å². The second-order valence-corrected chi connectivity index (χ2v) is 3.30. The number of fused-ring (bicyclic) bond motifs is 3. The van der Waals surface area contributed by atoms with Gasteiger partial charge in [-0.25, -0.2) is 15.0 Å². The molecule has 3 rings (SSSR count). The molecule has 6 nitrogen and oxygen atoms in total. The van der Waals surface area contributed by atoms with Gasteiger partial charge in [0, 0.05) is 13.1 Å². The summed E-state index contributed by atoms with van der Waals surface area (Å²) in [6.07, 6.45) is 2.56. The van der Waals surface area contributed by atoms with Crippen LogP contribution in [-0.4, -0.2) is 26.1 Å². The Morgan fingerprint density at radius 3 is 3.29 bits per heavy atom. The molecular formula is C8H10N6. The summed E-state index contributed by atoms with van der Waals surface area (Å²) >= 11 is 0. The van der Waals surface area contributed by atoms with Gasteiger partial charge in [0.15, 0.2) is 17.0 Å². The van der Waals surface area contributed by atoms with Crippen LogP contribution in [0.15, 0.2) is 6.33 Å². The number of aromatic nitrogens is 4. The number of anilines is 2. The molecule has 2 aromatic heterocycles. The molecule has 0 unspecified atom stereocenters. The average molecular weight is 190 g/mol. The molecule has 0 bridgehead atoms. The summed E-state index contributed by atoms with van der Waals surface area (Å²) in [5.41, 5.74) is 7.22. The second-order valence-electron chi connectivity index (χ2n) is 3.30. The van der Waals surface area contributed by atoms with Crippen LogP contribution in [0.3, 0.4) is 0 Å². The molecule has 1 aliphatic heterocycles. The standard InChI is InChI=1S/C8H10N6/c9-6-5-7(12-4-11-6)14-3-1-2-10-8(14)13-5/h4H,1-3H2,(H,10,13)(H2,9,11,12). The van der Waals surface area contributed by atoms with Crippen molar-refractivity contribution in [2.75, 3.05) is 17.6 Å². The topological polar surface area (TPSA) is 81.7 Å². The first-order valence-electron chi connectivity index (χ1n) is 4.57. The van der Waals surface area contributed by atoms with E-state index in [-0.39, 0.29) is 0 Å². The molecule has 2 aromatic rings. The monoisotopic (exact) mass is 190 g/mol. The fourth-order valence-corrected chi connectivity index (χ4v) is 1.74. The van der Waals surface area contributed by atoms with Gasteiger partial charge in [0.25, 0.3) is 0 Å². The highest BCUT2D eigenvalue weighted by molar-refractivity contribution is 5.83. The van der Waals surface area contributed by atoms with E-state index >= 15 is 0 Å². The minimum absolute atomic E-state index is 0.443. The Hall–Kier alpha value is -1.85. The van der Waals surface area contributed by atoms with Gasteiger partial charge in [0.2, 0.25) is 5.95 Å². The van der Waals surface area contributed by atoms with Crippen molar-refractivity contribution in [3.8, 4) is 0 Å². The Balaban J connectivity index is 2.36. The van der Waals surface area contributed by atoms with Gasteiger partial charge in [-0.15, -0.1) is 0 Å². The summed E-state index contributed by atoms with van der Waals surface area (Å²) < 4.78 is 2.04. The largest absolute Gasteiger partial charge is 0.382 e. The van der Waals surface area contributed by atoms with Crippen LogP contribution in [0.5, 0.6) is 0 Å². The summed E-state index contributed by atoms with van der Waals surface area (Å²) in [4.78, 5) is 12.5. The first-order valence-corrected chi connectivity index (χ1v) is 4.57. The third-order valence-corrected chi connectivity index (χ3v) is 2.40. The molecule has 0 spiro atoms. The first kappa shape index (κ1) is 7.54. The highest BCUT2D eigenvalue weighted by Crippen LogP contribution is 2.23. The lowest BCUT2D eigenvalue weighted by molar-refractivity contribution is 0.638. The molecule has 0 amide bonds. The maximum absolute atomic E-state index is 5.71. The number of hydrogen-bond acceptors (Lipinski definition) is 5. The SMILES string of the molecule is Nc1ncnc2c1nc1n2CCCN1. The van der Waals surface area contributed by atoms with Crippen LogP contribution in [0.4, 0.5) is 11.8 Å². The van der Waals surface area contributed by atoms with Crippen LogP contribution in [0.2, 0.25) is 0 Å². The molecule has 3 heterocycles. The average Bonchev–Trinajstić information content (AvgIpc) is 2.59. The summed E-state index contributed by atoms with van der Waals surface area (Å²) in [5, 5.41) is 3.21. The summed E-state index contributed by atoms with van der Waals surface area (Å²) in [6, 6.07) is 0. The van der Waals surface area contributed by atoms with E-state index in [1.807, 2.05) is 4.57 Å². The zero-order valence-corrected chi connectivity index (χ0v) is 7.56. The zero-order valence-electron chi connectivity index (χ0n) is 7.56. The van der Waals surface area contributed by atoms with Gasteiger partial charge in [-0.05, 0) is 6.42 Å². The maximum Gasteiger partial charge on any atom is 0.205 e. The zero-order chi connectivity index (χ0) is 9.54. The third-order valence-electron chi connectivity index (χ3n) is 2.40. The van der Waals surface area contributed by atoms with Crippen molar-refractivity contribution >= 4 is 22.9 Å². The fourth-order valence-electron chi connectivity index (χ4n) is 1.74. The van der Waals surface area contributed by atoms with Gasteiger partial charge in [0.05, 0.1) is 0 Å². The van der Waals surface area contributed by atoms with Gasteiger partial charge in [-0.3, -0.25) is 4.57 Å². The van der Waals surface area contributed by atoms with Crippen molar-refractivity contribution < 1.29 is 0 Å². The smallest absolute Gasteiger partial charge is 0.205 e. The quantitative estimate of drug-likeness (QED) is 0.621. The van der Waals surface area contributed by atoms with E-state index in [1.165, 1.54) is 6.33 Å². The highest BCUT2D eigenvalue weighted by atomic mass is 15.3. The predicted molar refractivity (Wildman–Crippen MR) is 52.8 cm³/mol. The van der Waals surface area contributed by atoms with Gasteiger partial charge >= 0.3 is 0 Å². The predicted octanol–water partition coefficient (Wildman–Crippen LogP) is 0.224. The number of nitrogens with one attached hydrogen (secondary N) is 1. The van der Waals surface area contributed by atoms with Crippen LogP contribution in [0.1, 0.15) is 6.42 Å². The lowest BCUT2D eigenvalue weighted by Crippen LogP contribution is -2.17. The van der Waals surface area contributed by atoms with E-state index in [1.54, 1.807) is 0 Å². The number of imidazole rings is 1. The van der Waals surface area contributed by atoms with Gasteiger partial charge in [-0.1, -0.05) is 0 Å². The normalized spacial score (nSPS) is 15.1. The molecule has 0 atom stereocenters. The van der Waals surface area contributed by atoms with Crippen LogP contribution in [0, 0.1) is 0 Å². The van der Waals surface area contributed by atoms with E-state index in [2.05, 4.69) is 20.3 Å². The third kappa shape index (κ3) is 0.876. The number of nitrogen functional groups attached to an aromatic ring is 1. The van der Waals surface area contributed by atoms with Crippen molar-refractivity contribution in [1.29, 1.82) is 0 Å². The van der Waals surface area contributed by atoms with Crippen molar-refractivity contribution in [3.05, 3.63) is 6.33 Å². The van der Waals surface area contributed by atoms with Crippen LogP contribution in [-0.2, 0) is 6.54 Å². The lowest BCUT2D eigenvalue weighted by atomic mass is 10.4. The van der Waals surface area contributed by atoms with Crippen molar-refractivity contribution in [2.45, 2.75) is 13.0 Å². The first-order chi connectivity index (χ1) is 6.86. The summed E-state index contributed by atoms with van der Waals surface area (Å²) in [7, 11) is 0. The van der Waals surface area contributed by atoms with E-state index < -0.39 is 0 Å². The molecule has 0 saturated heterocycles. The summed E-state index contributed by atoms with van der Waals surface area (Å²) in [5.74, 6) is 1.29. The van der Waals surface area contributed by atoms with Gasteiger partial charge in [0.1, 0.15) is 6.33 Å². The molecule has 6 heteroatoms. The number of hydrogen-bond donors (Lipinski definition) is 2. The van der Waals surface area contributed by atoms with Crippen LogP contribution < -0.4 is 11.1 Å². The van der Waals surface area contributed by atoms with Gasteiger partial charge < -0.3 is 11.1 Å². The Kier molecular flexibility index (Phi) is 1.38. The second kappa shape index (κ2) is 2.57. The molecule has 0 saturated carbocycles. The lowest BCUT2D eigenvalue weighted by Gasteiger charge is -2.14. The fraction of sp³-hybridized carbons (Fsp3) is 0.375. The van der Waals surface area contributed by atoms with Crippen molar-refractivity contribution in [2.24, 2.45) is 0 Å². The molecule has 72 valence electrons. The Morgan fingerprint density at radius 1 is 1.43 bits per heavy atom. The molecule has 0 aliphatic carbocycles. The Labute approximate surface area is 80.2 Å².